The third-order valence-electron chi connectivity index (χ3n) is 2.23. The van der Waals surface area contributed by atoms with Gasteiger partial charge in [0, 0.05) is 12.6 Å². The Balaban J connectivity index is 2.95. The van der Waals surface area contributed by atoms with E-state index in [1.807, 2.05) is 6.92 Å². The van der Waals surface area contributed by atoms with Crippen LogP contribution in [0.15, 0.2) is 37.0 Å². The third kappa shape index (κ3) is 2.28. The first-order valence-corrected chi connectivity index (χ1v) is 4.56. The molecule has 3 nitrogen and oxygen atoms in total. The summed E-state index contributed by atoms with van der Waals surface area (Å²) in [5.74, 6) is 0. The van der Waals surface area contributed by atoms with Crippen LogP contribution in [-0.2, 0) is 5.60 Å². The van der Waals surface area contributed by atoms with Crippen LogP contribution in [0.3, 0.4) is 0 Å². The second-order valence-electron chi connectivity index (χ2n) is 3.09. The zero-order valence-electron chi connectivity index (χ0n) is 8.27. The molecule has 0 aliphatic heterocycles. The van der Waals surface area contributed by atoms with Crippen molar-refractivity contribution in [2.45, 2.75) is 25.4 Å². The quantitative estimate of drug-likeness (QED) is 0.736. The molecule has 0 saturated heterocycles. The number of rotatable bonds is 4. The highest BCUT2D eigenvalue weighted by molar-refractivity contribution is 5.11. The lowest BCUT2D eigenvalue weighted by Crippen LogP contribution is -2.25. The fourth-order valence-electron chi connectivity index (χ4n) is 1.24. The summed E-state index contributed by atoms with van der Waals surface area (Å²) in [4.78, 5) is 7.86. The van der Waals surface area contributed by atoms with E-state index in [2.05, 4.69) is 22.3 Å². The van der Waals surface area contributed by atoms with Crippen LogP contribution in [0.25, 0.3) is 0 Å². The van der Waals surface area contributed by atoms with Gasteiger partial charge in [0.05, 0.1) is 5.69 Å². The Morgan fingerprint density at radius 3 is 3.00 bits per heavy atom. The highest BCUT2D eigenvalue weighted by atomic mass is 16.3. The van der Waals surface area contributed by atoms with Gasteiger partial charge in [-0.05, 0) is 18.6 Å². The maximum absolute atomic E-state index is 10.2. The van der Waals surface area contributed by atoms with Gasteiger partial charge in [-0.2, -0.15) is 0 Å². The van der Waals surface area contributed by atoms with Crippen LogP contribution in [0.5, 0.6) is 0 Å². The standard InChI is InChI=1S/C11H14N2O/c1-3-5-7-11(14,4-2)10-6-8-12-9-13-10/h5-6,8-9,14H,1,4,7H2,2H3. The average Bonchev–Trinajstić information content (AvgIpc) is 2.27. The van der Waals surface area contributed by atoms with E-state index in [1.165, 1.54) is 6.33 Å². The Bertz CT molecular complexity index is 330. The fourth-order valence-corrected chi connectivity index (χ4v) is 1.24. The maximum Gasteiger partial charge on any atom is 0.115 e. The van der Waals surface area contributed by atoms with Crippen LogP contribution in [0.2, 0.25) is 0 Å². The highest BCUT2D eigenvalue weighted by Crippen LogP contribution is 2.26. The lowest BCUT2D eigenvalue weighted by atomic mass is 9.92. The Kier molecular flexibility index (Phi) is 3.57. The number of aromatic nitrogens is 2. The van der Waals surface area contributed by atoms with Crippen molar-refractivity contribution in [3.8, 4) is 0 Å². The van der Waals surface area contributed by atoms with E-state index in [0.29, 0.717) is 18.5 Å². The van der Waals surface area contributed by atoms with Crippen molar-refractivity contribution in [3.63, 3.8) is 0 Å². The monoisotopic (exact) mass is 190 g/mol. The van der Waals surface area contributed by atoms with Gasteiger partial charge in [0.2, 0.25) is 0 Å². The van der Waals surface area contributed by atoms with Crippen molar-refractivity contribution < 1.29 is 5.11 Å². The predicted octanol–water partition coefficient (Wildman–Crippen LogP) is 1.81. The van der Waals surface area contributed by atoms with Gasteiger partial charge in [-0.1, -0.05) is 13.5 Å². The molecule has 0 spiro atoms. The van der Waals surface area contributed by atoms with E-state index in [9.17, 15) is 5.11 Å². The Morgan fingerprint density at radius 1 is 1.71 bits per heavy atom. The molecular formula is C11H14N2O. The van der Waals surface area contributed by atoms with Crippen LogP contribution < -0.4 is 0 Å². The molecule has 0 saturated carbocycles. The average molecular weight is 190 g/mol. The third-order valence-corrected chi connectivity index (χ3v) is 2.23. The molecule has 1 N–H and O–H groups in total. The summed E-state index contributed by atoms with van der Waals surface area (Å²) >= 11 is 0. The van der Waals surface area contributed by atoms with Crippen molar-refractivity contribution in [1.82, 2.24) is 9.97 Å². The largest absolute Gasteiger partial charge is 0.383 e. The van der Waals surface area contributed by atoms with E-state index in [-0.39, 0.29) is 0 Å². The van der Waals surface area contributed by atoms with Crippen molar-refractivity contribution in [3.05, 3.63) is 42.7 Å². The first kappa shape index (κ1) is 10.6. The summed E-state index contributed by atoms with van der Waals surface area (Å²) in [5, 5.41) is 10.2. The van der Waals surface area contributed by atoms with E-state index >= 15 is 0 Å². The summed E-state index contributed by atoms with van der Waals surface area (Å²) in [6.07, 6.45) is 5.85. The summed E-state index contributed by atoms with van der Waals surface area (Å²) in [7, 11) is 0. The van der Waals surface area contributed by atoms with Gasteiger partial charge in [0.1, 0.15) is 11.9 Å². The number of nitrogens with zero attached hydrogens (tertiary/aromatic N) is 2. The minimum Gasteiger partial charge on any atom is -0.383 e. The lowest BCUT2D eigenvalue weighted by molar-refractivity contribution is 0.0310. The second kappa shape index (κ2) is 4.70. The SMILES string of the molecule is C=C=CCC(O)(CC)c1ccncn1. The van der Waals surface area contributed by atoms with Crippen LogP contribution >= 0.6 is 0 Å². The minimum absolute atomic E-state index is 0.476. The summed E-state index contributed by atoms with van der Waals surface area (Å²) in [5.41, 5.74) is 2.37. The number of hydrogen-bond donors (Lipinski definition) is 1. The zero-order chi connectivity index (χ0) is 10.4. The molecule has 1 unspecified atom stereocenters. The summed E-state index contributed by atoms with van der Waals surface area (Å²) in [6.45, 7) is 5.38. The molecule has 1 aromatic rings. The summed E-state index contributed by atoms with van der Waals surface area (Å²) in [6, 6.07) is 1.72. The first-order valence-electron chi connectivity index (χ1n) is 4.56. The fraction of sp³-hybridized carbons (Fsp3) is 0.364. The molecule has 14 heavy (non-hydrogen) atoms. The number of aliphatic hydroxyl groups is 1. The lowest BCUT2D eigenvalue weighted by Gasteiger charge is -2.23. The summed E-state index contributed by atoms with van der Waals surface area (Å²) < 4.78 is 0. The molecular weight excluding hydrogens is 176 g/mol. The van der Waals surface area contributed by atoms with Gasteiger partial charge >= 0.3 is 0 Å². The van der Waals surface area contributed by atoms with Gasteiger partial charge in [-0.25, -0.2) is 9.97 Å². The molecule has 0 radical (unpaired) electrons. The maximum atomic E-state index is 10.2. The van der Waals surface area contributed by atoms with Gasteiger partial charge in [0.15, 0.2) is 0 Å². The molecule has 1 heterocycles. The van der Waals surface area contributed by atoms with E-state index in [1.54, 1.807) is 18.3 Å². The van der Waals surface area contributed by atoms with Crippen molar-refractivity contribution >= 4 is 0 Å². The van der Waals surface area contributed by atoms with Crippen molar-refractivity contribution in [2.75, 3.05) is 0 Å². The molecule has 3 heteroatoms. The molecule has 0 bridgehead atoms. The van der Waals surface area contributed by atoms with E-state index in [0.717, 1.165) is 0 Å². The highest BCUT2D eigenvalue weighted by Gasteiger charge is 2.26. The molecule has 1 rings (SSSR count). The molecule has 0 aliphatic rings. The topological polar surface area (TPSA) is 46.0 Å². The van der Waals surface area contributed by atoms with Crippen LogP contribution in [0, 0.1) is 0 Å². The van der Waals surface area contributed by atoms with Crippen LogP contribution in [0.4, 0.5) is 0 Å². The van der Waals surface area contributed by atoms with E-state index < -0.39 is 5.60 Å². The van der Waals surface area contributed by atoms with Gasteiger partial charge in [-0.15, -0.1) is 5.73 Å². The Hall–Kier alpha value is -1.44. The van der Waals surface area contributed by atoms with Crippen LogP contribution in [-0.4, -0.2) is 15.1 Å². The van der Waals surface area contributed by atoms with Crippen molar-refractivity contribution in [2.24, 2.45) is 0 Å². The van der Waals surface area contributed by atoms with Crippen molar-refractivity contribution in [1.29, 1.82) is 0 Å². The smallest absolute Gasteiger partial charge is 0.115 e. The molecule has 0 aromatic carbocycles. The van der Waals surface area contributed by atoms with Gasteiger partial charge in [0.25, 0.3) is 0 Å². The molecule has 0 aliphatic carbocycles. The number of hydrogen-bond acceptors (Lipinski definition) is 3. The predicted molar refractivity (Wildman–Crippen MR) is 54.5 cm³/mol. The Morgan fingerprint density at radius 2 is 2.50 bits per heavy atom. The van der Waals surface area contributed by atoms with E-state index in [4.69, 9.17) is 0 Å². The van der Waals surface area contributed by atoms with Gasteiger partial charge < -0.3 is 5.11 Å². The molecule has 0 fully saturated rings. The minimum atomic E-state index is -0.923. The second-order valence-corrected chi connectivity index (χ2v) is 3.09. The first-order chi connectivity index (χ1) is 6.73. The normalized spacial score (nSPS) is 14.1. The van der Waals surface area contributed by atoms with Crippen LogP contribution in [0.1, 0.15) is 25.5 Å². The molecule has 74 valence electrons. The molecule has 0 amide bonds. The molecule has 1 aromatic heterocycles. The van der Waals surface area contributed by atoms with Gasteiger partial charge in [-0.3, -0.25) is 0 Å². The molecule has 1 atom stereocenters. The Labute approximate surface area is 83.8 Å². The zero-order valence-corrected chi connectivity index (χ0v) is 8.27.